The van der Waals surface area contributed by atoms with Crippen LogP contribution < -0.4 is 19.9 Å². The molecular formula is C15H15ClN2O3. The second-order valence-electron chi connectivity index (χ2n) is 4.15. The van der Waals surface area contributed by atoms with E-state index in [2.05, 4.69) is 0 Å². The van der Waals surface area contributed by atoms with Gasteiger partial charge in [-0.15, -0.1) is 0 Å². The van der Waals surface area contributed by atoms with E-state index in [9.17, 15) is 0 Å². The number of hydrogen-bond donors (Lipinski definition) is 2. The largest absolute Gasteiger partial charge is 0.493 e. The van der Waals surface area contributed by atoms with Crippen LogP contribution in [0.3, 0.4) is 0 Å². The molecule has 0 fully saturated rings. The van der Waals surface area contributed by atoms with Crippen molar-refractivity contribution in [1.29, 1.82) is 5.41 Å². The van der Waals surface area contributed by atoms with Gasteiger partial charge in [0.05, 0.1) is 19.2 Å². The molecular weight excluding hydrogens is 292 g/mol. The minimum Gasteiger partial charge on any atom is -0.493 e. The van der Waals surface area contributed by atoms with Crippen LogP contribution >= 0.6 is 11.6 Å². The fourth-order valence-corrected chi connectivity index (χ4v) is 2.09. The molecule has 0 aliphatic heterocycles. The molecule has 3 N–H and O–H groups in total. The molecule has 0 saturated carbocycles. The SMILES string of the molecule is COc1cccc(OC)c1Oc1ccc(C(=N)N)c(Cl)c1. The molecule has 0 atom stereocenters. The Hall–Kier alpha value is -2.40. The predicted molar refractivity (Wildman–Crippen MR) is 82.1 cm³/mol. The maximum Gasteiger partial charge on any atom is 0.210 e. The quantitative estimate of drug-likeness (QED) is 0.655. The molecule has 0 radical (unpaired) electrons. The van der Waals surface area contributed by atoms with Crippen LogP contribution in [0.5, 0.6) is 23.0 Å². The Labute approximate surface area is 127 Å². The molecule has 0 aliphatic rings. The topological polar surface area (TPSA) is 77.6 Å². The van der Waals surface area contributed by atoms with Crippen molar-refractivity contribution in [3.63, 3.8) is 0 Å². The van der Waals surface area contributed by atoms with Crippen molar-refractivity contribution < 1.29 is 14.2 Å². The van der Waals surface area contributed by atoms with Crippen LogP contribution in [0, 0.1) is 5.41 Å². The summed E-state index contributed by atoms with van der Waals surface area (Å²) in [4.78, 5) is 0. The Balaban J connectivity index is 2.38. The monoisotopic (exact) mass is 306 g/mol. The first-order valence-corrected chi connectivity index (χ1v) is 6.47. The summed E-state index contributed by atoms with van der Waals surface area (Å²) >= 11 is 6.07. The first kappa shape index (κ1) is 15.0. The zero-order chi connectivity index (χ0) is 15.4. The van der Waals surface area contributed by atoms with E-state index in [-0.39, 0.29) is 5.84 Å². The van der Waals surface area contributed by atoms with Crippen molar-refractivity contribution in [1.82, 2.24) is 0 Å². The van der Waals surface area contributed by atoms with Gasteiger partial charge in [0.25, 0.3) is 0 Å². The number of nitrogens with one attached hydrogen (secondary N) is 1. The van der Waals surface area contributed by atoms with Crippen molar-refractivity contribution >= 4 is 17.4 Å². The molecule has 0 amide bonds. The van der Waals surface area contributed by atoms with Gasteiger partial charge in [-0.3, -0.25) is 5.41 Å². The molecule has 6 heteroatoms. The number of halogens is 1. The Morgan fingerprint density at radius 1 is 1.10 bits per heavy atom. The molecule has 0 heterocycles. The van der Waals surface area contributed by atoms with Gasteiger partial charge in [0.1, 0.15) is 11.6 Å². The Bertz CT molecular complexity index is 652. The Morgan fingerprint density at radius 3 is 2.19 bits per heavy atom. The second kappa shape index (κ2) is 6.37. The van der Waals surface area contributed by atoms with E-state index >= 15 is 0 Å². The lowest BCUT2D eigenvalue weighted by Gasteiger charge is -2.14. The Morgan fingerprint density at radius 2 is 1.71 bits per heavy atom. The predicted octanol–water partition coefficient (Wildman–Crippen LogP) is 3.43. The first-order chi connectivity index (χ1) is 10.1. The van der Waals surface area contributed by atoms with E-state index in [1.54, 1.807) is 50.6 Å². The van der Waals surface area contributed by atoms with Crippen molar-refractivity contribution in [2.45, 2.75) is 0 Å². The number of hydrogen-bond acceptors (Lipinski definition) is 4. The van der Waals surface area contributed by atoms with Crippen molar-refractivity contribution in [2.24, 2.45) is 5.73 Å². The third-order valence-electron chi connectivity index (χ3n) is 2.83. The zero-order valence-corrected chi connectivity index (χ0v) is 12.4. The van der Waals surface area contributed by atoms with Crippen LogP contribution in [0.15, 0.2) is 36.4 Å². The summed E-state index contributed by atoms with van der Waals surface area (Å²) in [6, 6.07) is 10.2. The Kier molecular flexibility index (Phi) is 4.55. The van der Waals surface area contributed by atoms with Gasteiger partial charge in [0.15, 0.2) is 11.5 Å². The molecule has 2 rings (SSSR count). The summed E-state index contributed by atoms with van der Waals surface area (Å²) < 4.78 is 16.3. The highest BCUT2D eigenvalue weighted by Gasteiger charge is 2.13. The van der Waals surface area contributed by atoms with Crippen LogP contribution in [0.25, 0.3) is 0 Å². The molecule has 0 aromatic heterocycles. The van der Waals surface area contributed by atoms with E-state index in [0.717, 1.165) is 0 Å². The number of amidine groups is 1. The van der Waals surface area contributed by atoms with Gasteiger partial charge in [0.2, 0.25) is 5.75 Å². The van der Waals surface area contributed by atoms with Crippen LogP contribution in [0.2, 0.25) is 5.02 Å². The minimum absolute atomic E-state index is 0.0959. The van der Waals surface area contributed by atoms with E-state index in [4.69, 9.17) is 37.0 Å². The zero-order valence-electron chi connectivity index (χ0n) is 11.6. The van der Waals surface area contributed by atoms with Gasteiger partial charge in [-0.05, 0) is 24.3 Å². The average molecular weight is 307 g/mol. The van der Waals surface area contributed by atoms with Gasteiger partial charge in [-0.1, -0.05) is 17.7 Å². The number of methoxy groups -OCH3 is 2. The molecule has 5 nitrogen and oxygen atoms in total. The number of nitrogens with two attached hydrogens (primary N) is 1. The molecule has 0 aliphatic carbocycles. The van der Waals surface area contributed by atoms with Gasteiger partial charge < -0.3 is 19.9 Å². The number of benzene rings is 2. The van der Waals surface area contributed by atoms with Gasteiger partial charge >= 0.3 is 0 Å². The summed E-state index contributed by atoms with van der Waals surface area (Å²) in [5.41, 5.74) is 5.88. The third-order valence-corrected chi connectivity index (χ3v) is 3.15. The van der Waals surface area contributed by atoms with Gasteiger partial charge in [0, 0.05) is 11.6 Å². The van der Waals surface area contributed by atoms with Crippen molar-refractivity contribution in [3.8, 4) is 23.0 Å². The van der Waals surface area contributed by atoms with E-state index in [1.807, 2.05) is 0 Å². The summed E-state index contributed by atoms with van der Waals surface area (Å²) in [5.74, 6) is 1.94. The average Bonchev–Trinajstić information content (AvgIpc) is 2.47. The smallest absolute Gasteiger partial charge is 0.210 e. The van der Waals surface area contributed by atoms with E-state index in [0.29, 0.717) is 33.6 Å². The van der Waals surface area contributed by atoms with Gasteiger partial charge in [-0.2, -0.15) is 0 Å². The molecule has 2 aromatic carbocycles. The maximum atomic E-state index is 7.41. The highest BCUT2D eigenvalue weighted by molar-refractivity contribution is 6.34. The number of ether oxygens (including phenoxy) is 3. The second-order valence-corrected chi connectivity index (χ2v) is 4.56. The molecule has 0 bridgehead atoms. The van der Waals surface area contributed by atoms with Crippen LogP contribution in [-0.4, -0.2) is 20.1 Å². The van der Waals surface area contributed by atoms with Crippen LogP contribution in [-0.2, 0) is 0 Å². The van der Waals surface area contributed by atoms with Crippen LogP contribution in [0.1, 0.15) is 5.56 Å². The van der Waals surface area contributed by atoms with E-state index < -0.39 is 0 Å². The number of para-hydroxylation sites is 1. The molecule has 0 spiro atoms. The summed E-state index contributed by atoms with van der Waals surface area (Å²) in [6.45, 7) is 0. The highest BCUT2D eigenvalue weighted by atomic mass is 35.5. The van der Waals surface area contributed by atoms with Gasteiger partial charge in [-0.25, -0.2) is 0 Å². The van der Waals surface area contributed by atoms with E-state index in [1.165, 1.54) is 0 Å². The lowest BCUT2D eigenvalue weighted by Crippen LogP contribution is -2.11. The lowest BCUT2D eigenvalue weighted by molar-refractivity contribution is 0.346. The molecule has 0 saturated heterocycles. The molecule has 2 aromatic rings. The fraction of sp³-hybridized carbons (Fsp3) is 0.133. The molecule has 21 heavy (non-hydrogen) atoms. The first-order valence-electron chi connectivity index (χ1n) is 6.09. The van der Waals surface area contributed by atoms with Crippen molar-refractivity contribution in [2.75, 3.05) is 14.2 Å². The fourth-order valence-electron chi connectivity index (χ4n) is 1.81. The number of rotatable bonds is 5. The lowest BCUT2D eigenvalue weighted by atomic mass is 10.2. The van der Waals surface area contributed by atoms with Crippen LogP contribution in [0.4, 0.5) is 0 Å². The molecule has 110 valence electrons. The molecule has 0 unspecified atom stereocenters. The highest BCUT2D eigenvalue weighted by Crippen LogP contribution is 2.40. The standard InChI is InChI=1S/C15H15ClN2O3/c1-19-12-4-3-5-13(20-2)14(12)21-9-6-7-10(15(17)18)11(16)8-9/h3-8H,1-2H3,(H3,17,18). The third kappa shape index (κ3) is 3.20. The maximum absolute atomic E-state index is 7.41. The summed E-state index contributed by atoms with van der Waals surface area (Å²) in [5, 5.41) is 7.75. The summed E-state index contributed by atoms with van der Waals surface area (Å²) in [6.07, 6.45) is 0. The summed E-state index contributed by atoms with van der Waals surface area (Å²) in [7, 11) is 3.10. The minimum atomic E-state index is -0.0959. The van der Waals surface area contributed by atoms with Crippen molar-refractivity contribution in [3.05, 3.63) is 47.0 Å². The normalized spacial score (nSPS) is 10.0. The number of nitrogen functional groups attached to an aromatic ring is 1.